The van der Waals surface area contributed by atoms with Crippen molar-refractivity contribution in [2.24, 2.45) is 5.92 Å². The summed E-state index contributed by atoms with van der Waals surface area (Å²) < 4.78 is 1.25. The van der Waals surface area contributed by atoms with Crippen LogP contribution >= 0.6 is 11.3 Å². The predicted octanol–water partition coefficient (Wildman–Crippen LogP) is 7.00. The lowest BCUT2D eigenvalue weighted by Crippen LogP contribution is -2.41. The lowest BCUT2D eigenvalue weighted by molar-refractivity contribution is 0.381. The lowest BCUT2D eigenvalue weighted by atomic mass is 9.90. The molecule has 0 spiro atoms. The van der Waals surface area contributed by atoms with E-state index in [9.17, 15) is 0 Å². The first-order valence-corrected chi connectivity index (χ1v) is 10.4. The Kier molecular flexibility index (Phi) is 5.67. The molecule has 0 amide bonds. The Balaban J connectivity index is 1.75. The molecule has 0 radical (unpaired) electrons. The second-order valence-electron chi connectivity index (χ2n) is 7.96. The van der Waals surface area contributed by atoms with Crippen LogP contribution < -0.4 is 4.90 Å². The van der Waals surface area contributed by atoms with Gasteiger partial charge in [0.05, 0.1) is 10.2 Å². The van der Waals surface area contributed by atoms with E-state index < -0.39 is 0 Å². The van der Waals surface area contributed by atoms with Crippen LogP contribution in [0.25, 0.3) is 20.8 Å². The molecule has 3 aromatic rings. The van der Waals surface area contributed by atoms with Gasteiger partial charge in [-0.2, -0.15) is 0 Å². The normalized spacial score (nSPS) is 13.1. The minimum Gasteiger partial charge on any atom is -0.369 e. The first-order chi connectivity index (χ1) is 12.4. The molecule has 0 aliphatic carbocycles. The summed E-state index contributed by atoms with van der Waals surface area (Å²) in [6.45, 7) is 9.32. The highest BCUT2D eigenvalue weighted by Crippen LogP contribution is 2.33. The van der Waals surface area contributed by atoms with E-state index in [0.717, 1.165) is 16.4 Å². The fraction of sp³-hybridized carbons (Fsp3) is 0.435. The molecule has 0 aliphatic heterocycles. The van der Waals surface area contributed by atoms with E-state index in [2.05, 4.69) is 82.1 Å². The Bertz CT molecular complexity index is 815. The highest BCUT2D eigenvalue weighted by Gasteiger charge is 2.24. The van der Waals surface area contributed by atoms with E-state index in [4.69, 9.17) is 4.98 Å². The SMILES string of the molecule is CCC(C)CCC(C)(C)N(C)c1ccc(-c2nc3ccccc3s2)cc1. The van der Waals surface area contributed by atoms with Crippen LogP contribution in [0.3, 0.4) is 0 Å². The smallest absolute Gasteiger partial charge is 0.124 e. The molecule has 1 aromatic heterocycles. The number of thiazole rings is 1. The Morgan fingerprint density at radius 2 is 1.77 bits per heavy atom. The average Bonchev–Trinajstić information content (AvgIpc) is 3.10. The van der Waals surface area contributed by atoms with Gasteiger partial charge >= 0.3 is 0 Å². The molecule has 0 fully saturated rings. The van der Waals surface area contributed by atoms with Gasteiger partial charge in [-0.05, 0) is 69.0 Å². The maximum atomic E-state index is 4.77. The molecule has 26 heavy (non-hydrogen) atoms. The maximum Gasteiger partial charge on any atom is 0.124 e. The third-order valence-electron chi connectivity index (χ3n) is 5.65. The standard InChI is InChI=1S/C23H30N2S/c1-6-17(2)15-16-23(3,4)25(5)19-13-11-18(12-14-19)22-24-20-9-7-8-10-21(20)26-22/h7-14,17H,6,15-16H2,1-5H3. The number of hydrogen-bond acceptors (Lipinski definition) is 3. The molecule has 1 heterocycles. The van der Waals surface area contributed by atoms with Gasteiger partial charge < -0.3 is 4.90 Å². The van der Waals surface area contributed by atoms with Crippen LogP contribution in [0.1, 0.15) is 47.0 Å². The maximum absolute atomic E-state index is 4.77. The Labute approximate surface area is 161 Å². The molecule has 1 unspecified atom stereocenters. The van der Waals surface area contributed by atoms with E-state index >= 15 is 0 Å². The molecule has 138 valence electrons. The zero-order valence-electron chi connectivity index (χ0n) is 16.6. The zero-order chi connectivity index (χ0) is 18.7. The van der Waals surface area contributed by atoms with Crippen LogP contribution in [-0.2, 0) is 0 Å². The van der Waals surface area contributed by atoms with Gasteiger partial charge in [-0.25, -0.2) is 4.98 Å². The molecular weight excluding hydrogens is 336 g/mol. The highest BCUT2D eigenvalue weighted by molar-refractivity contribution is 7.21. The minimum atomic E-state index is 0.154. The zero-order valence-corrected chi connectivity index (χ0v) is 17.4. The van der Waals surface area contributed by atoms with E-state index in [1.165, 1.54) is 35.2 Å². The van der Waals surface area contributed by atoms with E-state index in [0.29, 0.717) is 0 Å². The summed E-state index contributed by atoms with van der Waals surface area (Å²) >= 11 is 1.76. The summed E-state index contributed by atoms with van der Waals surface area (Å²) in [5.41, 5.74) is 3.70. The number of hydrogen-bond donors (Lipinski definition) is 0. The largest absolute Gasteiger partial charge is 0.369 e. The number of nitrogens with zero attached hydrogens (tertiary/aromatic N) is 2. The van der Waals surface area contributed by atoms with Crippen molar-refractivity contribution in [1.29, 1.82) is 0 Å². The lowest BCUT2D eigenvalue weighted by Gasteiger charge is -2.38. The summed E-state index contributed by atoms with van der Waals surface area (Å²) in [7, 11) is 2.21. The van der Waals surface area contributed by atoms with E-state index in [1.807, 2.05) is 6.07 Å². The van der Waals surface area contributed by atoms with Gasteiger partial charge in [-0.3, -0.25) is 0 Å². The summed E-state index contributed by atoms with van der Waals surface area (Å²) in [5.74, 6) is 0.795. The number of anilines is 1. The quantitative estimate of drug-likeness (QED) is 0.447. The number of fused-ring (bicyclic) bond motifs is 1. The molecule has 0 saturated carbocycles. The van der Waals surface area contributed by atoms with Crippen molar-refractivity contribution in [2.45, 2.75) is 52.5 Å². The third kappa shape index (κ3) is 4.09. The van der Waals surface area contributed by atoms with Crippen molar-refractivity contribution in [3.05, 3.63) is 48.5 Å². The van der Waals surface area contributed by atoms with Crippen LogP contribution in [0, 0.1) is 5.92 Å². The van der Waals surface area contributed by atoms with Crippen molar-refractivity contribution in [1.82, 2.24) is 4.98 Å². The monoisotopic (exact) mass is 366 g/mol. The second-order valence-corrected chi connectivity index (χ2v) is 8.99. The van der Waals surface area contributed by atoms with Gasteiger partial charge in [0, 0.05) is 23.8 Å². The Morgan fingerprint density at radius 3 is 2.42 bits per heavy atom. The molecule has 0 bridgehead atoms. The predicted molar refractivity (Wildman–Crippen MR) is 116 cm³/mol. The molecule has 0 N–H and O–H groups in total. The fourth-order valence-electron chi connectivity index (χ4n) is 3.14. The van der Waals surface area contributed by atoms with Gasteiger partial charge in [0.15, 0.2) is 0 Å². The van der Waals surface area contributed by atoms with Crippen LogP contribution in [0.15, 0.2) is 48.5 Å². The van der Waals surface area contributed by atoms with Crippen LogP contribution in [-0.4, -0.2) is 17.6 Å². The number of para-hydroxylation sites is 1. The first-order valence-electron chi connectivity index (χ1n) is 9.60. The van der Waals surface area contributed by atoms with Crippen LogP contribution in [0.5, 0.6) is 0 Å². The molecule has 1 atom stereocenters. The van der Waals surface area contributed by atoms with Gasteiger partial charge in [0.25, 0.3) is 0 Å². The molecule has 2 aromatic carbocycles. The number of aromatic nitrogens is 1. The van der Waals surface area contributed by atoms with Crippen molar-refractivity contribution in [3.8, 4) is 10.6 Å². The van der Waals surface area contributed by atoms with Crippen molar-refractivity contribution < 1.29 is 0 Å². The second kappa shape index (κ2) is 7.79. The molecule has 0 saturated heterocycles. The average molecular weight is 367 g/mol. The molecular formula is C23H30N2S. The van der Waals surface area contributed by atoms with Crippen LogP contribution in [0.4, 0.5) is 5.69 Å². The fourth-order valence-corrected chi connectivity index (χ4v) is 4.12. The van der Waals surface area contributed by atoms with Gasteiger partial charge in [0.2, 0.25) is 0 Å². The van der Waals surface area contributed by atoms with Crippen molar-refractivity contribution in [3.63, 3.8) is 0 Å². The van der Waals surface area contributed by atoms with Gasteiger partial charge in [0.1, 0.15) is 5.01 Å². The summed E-state index contributed by atoms with van der Waals surface area (Å²) in [6.07, 6.45) is 3.74. The Morgan fingerprint density at radius 1 is 1.08 bits per heavy atom. The summed E-state index contributed by atoms with van der Waals surface area (Å²) in [4.78, 5) is 7.18. The summed E-state index contributed by atoms with van der Waals surface area (Å²) in [5, 5.41) is 1.09. The van der Waals surface area contributed by atoms with Crippen molar-refractivity contribution >= 4 is 27.2 Å². The molecule has 2 nitrogen and oxygen atoms in total. The van der Waals surface area contributed by atoms with E-state index in [1.54, 1.807) is 11.3 Å². The van der Waals surface area contributed by atoms with Gasteiger partial charge in [-0.15, -0.1) is 11.3 Å². The highest BCUT2D eigenvalue weighted by atomic mass is 32.1. The summed E-state index contributed by atoms with van der Waals surface area (Å²) in [6, 6.07) is 17.2. The third-order valence-corrected chi connectivity index (χ3v) is 6.73. The minimum absolute atomic E-state index is 0.154. The van der Waals surface area contributed by atoms with E-state index in [-0.39, 0.29) is 5.54 Å². The van der Waals surface area contributed by atoms with Crippen molar-refractivity contribution in [2.75, 3.05) is 11.9 Å². The number of benzene rings is 2. The molecule has 0 aliphatic rings. The topological polar surface area (TPSA) is 16.1 Å². The first kappa shape index (κ1) is 18.9. The molecule has 3 rings (SSSR count). The van der Waals surface area contributed by atoms with Gasteiger partial charge in [-0.1, -0.05) is 32.4 Å². The molecule has 3 heteroatoms. The number of rotatable bonds is 7. The van der Waals surface area contributed by atoms with Crippen LogP contribution in [0.2, 0.25) is 0 Å². The Hall–Kier alpha value is -1.87.